The van der Waals surface area contributed by atoms with Crippen molar-refractivity contribution in [1.29, 1.82) is 0 Å². The van der Waals surface area contributed by atoms with E-state index in [1.807, 2.05) is 42.5 Å². The maximum Gasteiger partial charge on any atom is 0.534 e. The van der Waals surface area contributed by atoms with Gasteiger partial charge in [0.05, 0.1) is 0 Å². The summed E-state index contributed by atoms with van der Waals surface area (Å²) in [6.07, 6.45) is 0.809. The lowest BCUT2D eigenvalue weighted by molar-refractivity contribution is -0.0500. The Labute approximate surface area is 322 Å². The first kappa shape index (κ1) is 35.1. The fourth-order valence-electron chi connectivity index (χ4n) is 7.45. The molecule has 0 spiro atoms. The lowest BCUT2D eigenvalue weighted by Crippen LogP contribution is -2.28. The molecular formula is C48H32F3NO3S. The van der Waals surface area contributed by atoms with Crippen molar-refractivity contribution in [2.24, 2.45) is 0 Å². The van der Waals surface area contributed by atoms with Gasteiger partial charge in [0.15, 0.2) is 0 Å². The van der Waals surface area contributed by atoms with Crippen LogP contribution in [0.15, 0.2) is 182 Å². The minimum Gasteiger partial charge on any atom is -0.376 e. The highest BCUT2D eigenvalue weighted by atomic mass is 32.2. The molecule has 0 bridgehead atoms. The van der Waals surface area contributed by atoms with Crippen molar-refractivity contribution in [2.75, 3.05) is 4.90 Å². The molecule has 8 aromatic carbocycles. The number of anilines is 3. The topological polar surface area (TPSA) is 46.6 Å². The highest BCUT2D eigenvalue weighted by Crippen LogP contribution is 2.44. The van der Waals surface area contributed by atoms with Gasteiger partial charge in [0.2, 0.25) is 0 Å². The average molecular weight is 760 g/mol. The lowest BCUT2D eigenvalue weighted by Gasteiger charge is -2.26. The number of fused-ring (bicyclic) bond motifs is 4. The fourth-order valence-corrected chi connectivity index (χ4v) is 7.90. The summed E-state index contributed by atoms with van der Waals surface area (Å²) in [5.41, 5.74) is 8.45. The molecule has 0 atom stereocenters. The van der Waals surface area contributed by atoms with Crippen LogP contribution in [0.4, 0.5) is 30.2 Å². The van der Waals surface area contributed by atoms with Gasteiger partial charge in [-0.15, -0.1) is 0 Å². The Hall–Kier alpha value is -6.64. The second-order valence-electron chi connectivity index (χ2n) is 13.8. The molecule has 4 nitrogen and oxygen atoms in total. The summed E-state index contributed by atoms with van der Waals surface area (Å²) in [5, 5.41) is 2.44. The number of rotatable bonds is 8. The van der Waals surface area contributed by atoms with Crippen molar-refractivity contribution in [2.45, 2.75) is 11.9 Å². The van der Waals surface area contributed by atoms with E-state index in [4.69, 9.17) is 0 Å². The molecule has 1 aliphatic carbocycles. The number of nitrogens with zero attached hydrogens (tertiary/aromatic N) is 1. The van der Waals surface area contributed by atoms with Crippen LogP contribution in [-0.2, 0) is 16.5 Å². The van der Waals surface area contributed by atoms with E-state index in [9.17, 15) is 21.6 Å². The normalized spacial score (nSPS) is 12.3. The Kier molecular flexibility index (Phi) is 8.70. The Morgan fingerprint density at radius 3 is 1.54 bits per heavy atom. The van der Waals surface area contributed by atoms with E-state index >= 15 is 0 Å². The van der Waals surface area contributed by atoms with Gasteiger partial charge in [0.1, 0.15) is 5.75 Å². The van der Waals surface area contributed by atoms with E-state index < -0.39 is 21.4 Å². The van der Waals surface area contributed by atoms with Crippen LogP contribution in [0, 0.1) is 0 Å². The summed E-state index contributed by atoms with van der Waals surface area (Å²) in [6.45, 7) is 0. The predicted octanol–water partition coefficient (Wildman–Crippen LogP) is 13.1. The number of hydrogen-bond donors (Lipinski definition) is 0. The van der Waals surface area contributed by atoms with E-state index in [-0.39, 0.29) is 0 Å². The molecular weight excluding hydrogens is 728 g/mol. The van der Waals surface area contributed by atoms with Crippen LogP contribution in [0.25, 0.3) is 55.3 Å². The molecule has 0 aromatic heterocycles. The smallest absolute Gasteiger partial charge is 0.376 e. The van der Waals surface area contributed by atoms with Gasteiger partial charge in [-0.05, 0) is 127 Å². The molecule has 0 N–H and O–H groups in total. The summed E-state index contributed by atoms with van der Waals surface area (Å²) < 4.78 is 65.7. The molecule has 56 heavy (non-hydrogen) atoms. The van der Waals surface area contributed by atoms with Gasteiger partial charge in [-0.3, -0.25) is 0 Å². The Morgan fingerprint density at radius 1 is 0.446 bits per heavy atom. The Morgan fingerprint density at radius 2 is 0.911 bits per heavy atom. The third-order valence-corrected chi connectivity index (χ3v) is 11.2. The summed E-state index contributed by atoms with van der Waals surface area (Å²) in [7, 11) is -5.76. The van der Waals surface area contributed by atoms with Gasteiger partial charge in [0, 0.05) is 17.1 Å². The molecule has 1 aliphatic rings. The summed E-state index contributed by atoms with van der Waals surface area (Å²) in [5.74, 6) is -0.420. The number of halogens is 3. The maximum absolute atomic E-state index is 12.8. The fraction of sp³-hybridized carbons (Fsp3) is 0.0417. The van der Waals surface area contributed by atoms with Crippen molar-refractivity contribution < 1.29 is 25.8 Å². The van der Waals surface area contributed by atoms with Crippen molar-refractivity contribution >= 4 is 38.0 Å². The highest BCUT2D eigenvalue weighted by molar-refractivity contribution is 7.88. The SMILES string of the molecule is O=S(=O)(Oc1ccc(-c2ccc(N(c3ccc(-c4ccccc4)cc3)c3ccc4c(c3)Cc3cc(-c5ccc6ccccc6c5)ccc3-4)cc2)cc1)C(F)(F)F. The van der Waals surface area contributed by atoms with E-state index in [1.165, 1.54) is 68.4 Å². The summed E-state index contributed by atoms with van der Waals surface area (Å²) >= 11 is 0. The molecule has 0 unspecified atom stereocenters. The van der Waals surface area contributed by atoms with Crippen LogP contribution >= 0.6 is 0 Å². The van der Waals surface area contributed by atoms with Crippen LogP contribution in [0.5, 0.6) is 5.75 Å². The lowest BCUT2D eigenvalue weighted by atomic mass is 9.97. The van der Waals surface area contributed by atoms with Crippen LogP contribution in [0.3, 0.4) is 0 Å². The molecule has 8 aromatic rings. The molecule has 0 amide bonds. The highest BCUT2D eigenvalue weighted by Gasteiger charge is 2.48. The minimum absolute atomic E-state index is 0.420. The zero-order valence-corrected chi connectivity index (χ0v) is 30.6. The van der Waals surface area contributed by atoms with Crippen molar-refractivity contribution in [3.63, 3.8) is 0 Å². The Bertz CT molecular complexity index is 2840. The minimum atomic E-state index is -5.76. The summed E-state index contributed by atoms with van der Waals surface area (Å²) in [6, 6.07) is 60.4. The van der Waals surface area contributed by atoms with E-state index in [2.05, 4.69) is 124 Å². The largest absolute Gasteiger partial charge is 0.534 e. The molecule has 0 saturated heterocycles. The van der Waals surface area contributed by atoms with Crippen molar-refractivity contribution in [3.05, 3.63) is 193 Å². The van der Waals surface area contributed by atoms with Crippen LogP contribution in [0.2, 0.25) is 0 Å². The zero-order valence-electron chi connectivity index (χ0n) is 29.7. The molecule has 0 aliphatic heterocycles. The van der Waals surface area contributed by atoms with Crippen LogP contribution in [-0.4, -0.2) is 13.9 Å². The van der Waals surface area contributed by atoms with E-state index in [0.717, 1.165) is 40.2 Å². The third-order valence-electron chi connectivity index (χ3n) is 10.2. The second kappa shape index (κ2) is 13.9. The standard InChI is InChI=1S/C48H32F3NO3S/c49-48(50,51)56(53,54)55-45-24-16-36(17-25-45)35-14-21-43(22-15-35)52(42-19-12-34(13-20-42)32-6-2-1-3-7-32)44-23-27-47-41(31-44)30-40-29-39(18-26-46(40)47)38-11-10-33-8-4-5-9-37(33)28-38/h1-29,31H,30H2. The van der Waals surface area contributed by atoms with Crippen LogP contribution in [0.1, 0.15) is 11.1 Å². The van der Waals surface area contributed by atoms with Gasteiger partial charge in [-0.1, -0.05) is 127 Å². The monoisotopic (exact) mass is 759 g/mol. The molecule has 0 saturated carbocycles. The number of hydrogen-bond acceptors (Lipinski definition) is 4. The number of alkyl halides is 3. The Balaban J connectivity index is 1.03. The van der Waals surface area contributed by atoms with Crippen molar-refractivity contribution in [1.82, 2.24) is 0 Å². The van der Waals surface area contributed by atoms with E-state index in [0.29, 0.717) is 5.56 Å². The van der Waals surface area contributed by atoms with Gasteiger partial charge in [-0.2, -0.15) is 21.6 Å². The van der Waals surface area contributed by atoms with Crippen LogP contribution < -0.4 is 9.08 Å². The number of benzene rings is 8. The molecule has 0 heterocycles. The van der Waals surface area contributed by atoms with Gasteiger partial charge in [0.25, 0.3) is 0 Å². The molecule has 274 valence electrons. The molecule has 0 radical (unpaired) electrons. The van der Waals surface area contributed by atoms with E-state index in [1.54, 1.807) is 0 Å². The first-order valence-electron chi connectivity index (χ1n) is 18.0. The first-order chi connectivity index (χ1) is 27.1. The summed E-state index contributed by atoms with van der Waals surface area (Å²) in [4.78, 5) is 2.21. The molecule has 8 heteroatoms. The average Bonchev–Trinajstić information content (AvgIpc) is 3.59. The van der Waals surface area contributed by atoms with Gasteiger partial charge in [-0.25, -0.2) is 0 Å². The van der Waals surface area contributed by atoms with Crippen molar-refractivity contribution in [3.8, 4) is 50.3 Å². The van der Waals surface area contributed by atoms with Gasteiger partial charge < -0.3 is 9.08 Å². The molecule has 0 fully saturated rings. The second-order valence-corrected chi connectivity index (χ2v) is 15.3. The predicted molar refractivity (Wildman–Crippen MR) is 219 cm³/mol. The molecule has 9 rings (SSSR count). The first-order valence-corrected chi connectivity index (χ1v) is 19.4. The van der Waals surface area contributed by atoms with Gasteiger partial charge >= 0.3 is 15.6 Å². The maximum atomic E-state index is 12.8. The quantitative estimate of drug-likeness (QED) is 0.114. The zero-order chi connectivity index (χ0) is 38.4. The third kappa shape index (κ3) is 6.69.